The average molecular weight is 481 g/mol. The molecule has 8 heteroatoms. The Morgan fingerprint density at radius 3 is 2.61 bits per heavy atom. The first-order chi connectivity index (χ1) is 15.0. The number of benzene rings is 2. The summed E-state index contributed by atoms with van der Waals surface area (Å²) < 4.78 is 8.31. The second-order valence-electron chi connectivity index (χ2n) is 7.90. The van der Waals surface area contributed by atoms with Crippen molar-refractivity contribution >= 4 is 44.1 Å². The first-order valence-corrected chi connectivity index (χ1v) is 11.0. The fraction of sp³-hybridized carbons (Fsp3) is 0.261. The van der Waals surface area contributed by atoms with Gasteiger partial charge in [-0.2, -0.15) is 14.6 Å². The van der Waals surface area contributed by atoms with Gasteiger partial charge in [0.25, 0.3) is 0 Å². The first kappa shape index (κ1) is 19.8. The third-order valence-corrected chi connectivity index (χ3v) is 6.70. The lowest BCUT2D eigenvalue weighted by atomic mass is 9.87. The summed E-state index contributed by atoms with van der Waals surface area (Å²) in [5, 5.41) is 15.9. The van der Waals surface area contributed by atoms with Crippen LogP contribution in [0.5, 0.6) is 5.88 Å². The van der Waals surface area contributed by atoms with Gasteiger partial charge in [0.1, 0.15) is 16.4 Å². The number of hydrogen-bond donors (Lipinski definition) is 2. The van der Waals surface area contributed by atoms with E-state index in [-0.39, 0.29) is 12.0 Å². The molecule has 1 saturated carbocycles. The van der Waals surface area contributed by atoms with E-state index in [9.17, 15) is 9.90 Å². The molecule has 0 unspecified atom stereocenters. The summed E-state index contributed by atoms with van der Waals surface area (Å²) in [5.41, 5.74) is 8.80. The third-order valence-electron chi connectivity index (χ3n) is 5.95. The summed E-state index contributed by atoms with van der Waals surface area (Å²) in [6, 6.07) is 14.4. The van der Waals surface area contributed by atoms with Crippen molar-refractivity contribution in [2.75, 3.05) is 5.73 Å². The van der Waals surface area contributed by atoms with Crippen molar-refractivity contribution in [2.45, 2.75) is 31.8 Å². The molecule has 1 aliphatic rings. The molecule has 0 amide bonds. The van der Waals surface area contributed by atoms with Crippen LogP contribution in [0.4, 0.5) is 5.82 Å². The van der Waals surface area contributed by atoms with Gasteiger partial charge < -0.3 is 15.6 Å². The molecule has 1 fully saturated rings. The Balaban J connectivity index is 1.50. The predicted molar refractivity (Wildman–Crippen MR) is 122 cm³/mol. The van der Waals surface area contributed by atoms with Crippen LogP contribution in [-0.4, -0.2) is 31.8 Å². The molecule has 0 radical (unpaired) electrons. The fourth-order valence-corrected chi connectivity index (χ4v) is 4.55. The number of halogens is 1. The number of nitrogens with zero attached hydrogens (tertiary/aromatic N) is 3. The highest BCUT2D eigenvalue weighted by molar-refractivity contribution is 9.10. The van der Waals surface area contributed by atoms with Gasteiger partial charge in [-0.1, -0.05) is 36.4 Å². The maximum absolute atomic E-state index is 11.2. The van der Waals surface area contributed by atoms with Gasteiger partial charge in [0.2, 0.25) is 5.88 Å². The number of carbonyl (C=O) groups is 1. The molecule has 31 heavy (non-hydrogen) atoms. The summed E-state index contributed by atoms with van der Waals surface area (Å²) in [6.45, 7) is 0. The van der Waals surface area contributed by atoms with E-state index in [0.717, 1.165) is 16.5 Å². The van der Waals surface area contributed by atoms with Crippen LogP contribution >= 0.6 is 15.9 Å². The Morgan fingerprint density at radius 2 is 1.87 bits per heavy atom. The number of carboxylic acid groups (broad SMARTS) is 1. The van der Waals surface area contributed by atoms with Crippen molar-refractivity contribution in [1.29, 1.82) is 0 Å². The standard InChI is InChI=1S/C23H21BrN4O3/c24-19-20(25)28-21(27-22(19)31-17-9-7-14(8-10-17)23(29)30)18(12-26-28)16-6-5-13-3-1-2-4-15(13)11-16/h1-6,11-12,14,17H,7-10,25H2,(H,29,30). The summed E-state index contributed by atoms with van der Waals surface area (Å²) in [5.74, 6) is -0.210. The SMILES string of the molecule is Nc1c(Br)c(OC2CCC(C(=O)O)CC2)nc2c(-c3ccc4ccccc4c3)cnn12. The van der Waals surface area contributed by atoms with Crippen LogP contribution in [-0.2, 0) is 4.79 Å². The summed E-state index contributed by atoms with van der Waals surface area (Å²) in [7, 11) is 0. The largest absolute Gasteiger partial charge is 0.481 e. The van der Waals surface area contributed by atoms with Crippen LogP contribution < -0.4 is 10.5 Å². The zero-order valence-electron chi connectivity index (χ0n) is 16.7. The van der Waals surface area contributed by atoms with Crippen molar-refractivity contribution in [3.05, 3.63) is 53.1 Å². The lowest BCUT2D eigenvalue weighted by Crippen LogP contribution is -2.28. The van der Waals surface area contributed by atoms with Crippen molar-refractivity contribution in [2.24, 2.45) is 5.92 Å². The number of ether oxygens (including phenoxy) is 1. The number of aromatic nitrogens is 3. The van der Waals surface area contributed by atoms with Crippen LogP contribution in [0, 0.1) is 5.92 Å². The van der Waals surface area contributed by atoms with Crippen molar-refractivity contribution in [1.82, 2.24) is 14.6 Å². The van der Waals surface area contributed by atoms with Gasteiger partial charge >= 0.3 is 5.97 Å². The lowest BCUT2D eigenvalue weighted by molar-refractivity contribution is -0.143. The minimum Gasteiger partial charge on any atom is -0.481 e. The fourth-order valence-electron chi connectivity index (χ4n) is 4.20. The summed E-state index contributed by atoms with van der Waals surface area (Å²) in [6.07, 6.45) is 4.22. The summed E-state index contributed by atoms with van der Waals surface area (Å²) >= 11 is 3.49. The Morgan fingerprint density at radius 1 is 1.13 bits per heavy atom. The topological polar surface area (TPSA) is 103 Å². The highest BCUT2D eigenvalue weighted by Gasteiger charge is 2.28. The Hall–Kier alpha value is -3.13. The van der Waals surface area contributed by atoms with E-state index in [1.807, 2.05) is 18.2 Å². The van der Waals surface area contributed by atoms with Crippen molar-refractivity contribution < 1.29 is 14.6 Å². The Labute approximate surface area is 187 Å². The van der Waals surface area contributed by atoms with E-state index < -0.39 is 5.97 Å². The number of rotatable bonds is 4. The Kier molecular flexibility index (Phi) is 5.02. The molecule has 2 heterocycles. The normalized spacial score (nSPS) is 19.0. The molecular formula is C23H21BrN4O3. The van der Waals surface area contributed by atoms with Gasteiger partial charge in [0.15, 0.2) is 5.65 Å². The maximum atomic E-state index is 11.2. The second kappa shape index (κ2) is 7.85. The molecule has 0 atom stereocenters. The molecule has 0 spiro atoms. The smallest absolute Gasteiger partial charge is 0.306 e. The number of aliphatic carboxylic acids is 1. The number of nitrogen functional groups attached to an aromatic ring is 1. The molecule has 0 saturated heterocycles. The number of hydrogen-bond acceptors (Lipinski definition) is 5. The highest BCUT2D eigenvalue weighted by Crippen LogP contribution is 2.36. The van der Waals surface area contributed by atoms with Gasteiger partial charge in [-0.25, -0.2) is 0 Å². The molecule has 2 aromatic carbocycles. The van der Waals surface area contributed by atoms with Crippen LogP contribution in [0.15, 0.2) is 53.1 Å². The molecular weight excluding hydrogens is 460 g/mol. The zero-order valence-corrected chi connectivity index (χ0v) is 18.2. The van der Waals surface area contributed by atoms with Crippen molar-refractivity contribution in [3.8, 4) is 17.0 Å². The van der Waals surface area contributed by atoms with Gasteiger partial charge in [-0.05, 0) is 64.0 Å². The zero-order chi connectivity index (χ0) is 21.5. The molecule has 2 aromatic heterocycles. The van der Waals surface area contributed by atoms with E-state index in [0.29, 0.717) is 47.5 Å². The molecule has 0 bridgehead atoms. The minimum absolute atomic E-state index is 0.0895. The predicted octanol–water partition coefficient (Wildman–Crippen LogP) is 4.92. The van der Waals surface area contributed by atoms with Crippen molar-refractivity contribution in [3.63, 3.8) is 0 Å². The maximum Gasteiger partial charge on any atom is 0.306 e. The van der Waals surface area contributed by atoms with Gasteiger partial charge in [-0.15, -0.1) is 0 Å². The highest BCUT2D eigenvalue weighted by atomic mass is 79.9. The monoisotopic (exact) mass is 480 g/mol. The average Bonchev–Trinajstić information content (AvgIpc) is 3.21. The van der Waals surface area contributed by atoms with Crippen LogP contribution in [0.1, 0.15) is 25.7 Å². The number of nitrogens with two attached hydrogens (primary N) is 1. The van der Waals surface area contributed by atoms with E-state index in [2.05, 4.69) is 45.3 Å². The third kappa shape index (κ3) is 3.61. The van der Waals surface area contributed by atoms with Gasteiger partial charge in [-0.3, -0.25) is 4.79 Å². The molecule has 5 rings (SSSR count). The second-order valence-corrected chi connectivity index (χ2v) is 8.69. The van der Waals surface area contributed by atoms with Crippen LogP contribution in [0.25, 0.3) is 27.5 Å². The van der Waals surface area contributed by atoms with Gasteiger partial charge in [0, 0.05) is 5.56 Å². The van der Waals surface area contributed by atoms with E-state index in [1.165, 1.54) is 5.39 Å². The van der Waals surface area contributed by atoms with Crippen LogP contribution in [0.2, 0.25) is 0 Å². The Bertz CT molecular complexity index is 1290. The number of carboxylic acids is 1. The van der Waals surface area contributed by atoms with E-state index >= 15 is 0 Å². The molecule has 0 aliphatic heterocycles. The molecule has 1 aliphatic carbocycles. The molecule has 4 aromatic rings. The van der Waals surface area contributed by atoms with E-state index in [4.69, 9.17) is 15.5 Å². The number of fused-ring (bicyclic) bond motifs is 2. The quantitative estimate of drug-likeness (QED) is 0.429. The molecule has 3 N–H and O–H groups in total. The van der Waals surface area contributed by atoms with Gasteiger partial charge in [0.05, 0.1) is 12.1 Å². The summed E-state index contributed by atoms with van der Waals surface area (Å²) in [4.78, 5) is 15.9. The van der Waals surface area contributed by atoms with Crippen LogP contribution in [0.3, 0.4) is 0 Å². The molecule has 158 valence electrons. The number of anilines is 1. The minimum atomic E-state index is -0.734. The lowest BCUT2D eigenvalue weighted by Gasteiger charge is -2.26. The molecule has 7 nitrogen and oxygen atoms in total. The first-order valence-electron chi connectivity index (χ1n) is 10.2. The van der Waals surface area contributed by atoms with E-state index in [1.54, 1.807) is 10.7 Å².